The van der Waals surface area contributed by atoms with E-state index < -0.39 is 0 Å². The van der Waals surface area contributed by atoms with Gasteiger partial charge in [0.15, 0.2) is 11.5 Å². The van der Waals surface area contributed by atoms with Gasteiger partial charge < -0.3 is 10.3 Å². The van der Waals surface area contributed by atoms with Gasteiger partial charge in [0.05, 0.1) is 12.9 Å². The van der Waals surface area contributed by atoms with Crippen LogP contribution in [-0.2, 0) is 6.54 Å². The number of benzene rings is 1. The van der Waals surface area contributed by atoms with Gasteiger partial charge in [-0.1, -0.05) is 23.8 Å². The lowest BCUT2D eigenvalue weighted by Crippen LogP contribution is -2.02. The van der Waals surface area contributed by atoms with Gasteiger partial charge in [-0.2, -0.15) is 0 Å². The van der Waals surface area contributed by atoms with Crippen molar-refractivity contribution in [2.75, 3.05) is 5.73 Å². The van der Waals surface area contributed by atoms with E-state index in [0.29, 0.717) is 11.3 Å². The Morgan fingerprint density at radius 2 is 2.00 bits per heavy atom. The zero-order valence-electron chi connectivity index (χ0n) is 11.0. The molecular weight excluding hydrogens is 238 g/mol. The summed E-state index contributed by atoms with van der Waals surface area (Å²) in [4.78, 5) is 12.5. The molecule has 3 rings (SSSR count). The van der Waals surface area contributed by atoms with Gasteiger partial charge in [-0.3, -0.25) is 0 Å². The number of aromatic nitrogens is 4. The summed E-state index contributed by atoms with van der Waals surface area (Å²) in [6, 6.07) is 6.43. The average molecular weight is 253 g/mol. The zero-order chi connectivity index (χ0) is 13.4. The van der Waals surface area contributed by atoms with Crippen molar-refractivity contribution in [3.05, 3.63) is 47.5 Å². The molecule has 0 saturated carbocycles. The summed E-state index contributed by atoms with van der Waals surface area (Å²) < 4.78 is 2.00. The molecule has 0 aliphatic rings. The molecule has 0 aliphatic heterocycles. The maximum absolute atomic E-state index is 5.79. The molecule has 3 aromatic rings. The van der Waals surface area contributed by atoms with Gasteiger partial charge >= 0.3 is 0 Å². The van der Waals surface area contributed by atoms with Crippen LogP contribution < -0.4 is 5.73 Å². The molecule has 0 spiro atoms. The van der Waals surface area contributed by atoms with E-state index in [9.17, 15) is 0 Å². The highest BCUT2D eigenvalue weighted by molar-refractivity contribution is 5.81. The second kappa shape index (κ2) is 4.35. The first-order chi connectivity index (χ1) is 9.15. The van der Waals surface area contributed by atoms with Crippen LogP contribution in [0.1, 0.15) is 16.7 Å². The Labute approximate surface area is 111 Å². The molecule has 0 fully saturated rings. The minimum atomic E-state index is 0.421. The van der Waals surface area contributed by atoms with E-state index in [0.717, 1.165) is 12.2 Å². The summed E-state index contributed by atoms with van der Waals surface area (Å²) in [5.41, 5.74) is 11.0. The van der Waals surface area contributed by atoms with Crippen LogP contribution in [0.2, 0.25) is 0 Å². The summed E-state index contributed by atoms with van der Waals surface area (Å²) in [6.07, 6.45) is 3.23. The Bertz CT molecular complexity index is 745. The van der Waals surface area contributed by atoms with E-state index in [2.05, 4.69) is 47.0 Å². The Hall–Kier alpha value is -2.43. The molecule has 0 unspecified atom stereocenters. The van der Waals surface area contributed by atoms with Crippen LogP contribution in [0, 0.1) is 13.8 Å². The van der Waals surface area contributed by atoms with E-state index in [1.807, 2.05) is 4.57 Å². The van der Waals surface area contributed by atoms with E-state index in [-0.39, 0.29) is 0 Å². The van der Waals surface area contributed by atoms with Crippen LogP contribution >= 0.6 is 0 Å². The fourth-order valence-electron chi connectivity index (χ4n) is 2.17. The Kier molecular flexibility index (Phi) is 2.67. The molecule has 5 heteroatoms. The van der Waals surface area contributed by atoms with Crippen molar-refractivity contribution in [2.45, 2.75) is 20.4 Å². The van der Waals surface area contributed by atoms with Crippen molar-refractivity contribution in [3.8, 4) is 0 Å². The van der Waals surface area contributed by atoms with Gasteiger partial charge in [0.1, 0.15) is 11.8 Å². The van der Waals surface area contributed by atoms with E-state index in [4.69, 9.17) is 5.73 Å². The number of nitrogens with zero attached hydrogens (tertiary/aromatic N) is 4. The maximum atomic E-state index is 5.79. The molecule has 0 saturated heterocycles. The largest absolute Gasteiger partial charge is 0.382 e. The fraction of sp³-hybridized carbons (Fsp3) is 0.214. The Balaban J connectivity index is 2.06. The molecule has 2 heterocycles. The molecule has 1 aromatic carbocycles. The van der Waals surface area contributed by atoms with Crippen molar-refractivity contribution in [2.24, 2.45) is 0 Å². The summed E-state index contributed by atoms with van der Waals surface area (Å²) in [7, 11) is 0. The number of hydrogen-bond donors (Lipinski definition) is 1. The Morgan fingerprint density at radius 1 is 1.16 bits per heavy atom. The first-order valence-corrected chi connectivity index (χ1v) is 6.12. The third kappa shape index (κ3) is 2.03. The van der Waals surface area contributed by atoms with Gasteiger partial charge in [-0.15, -0.1) is 0 Å². The zero-order valence-corrected chi connectivity index (χ0v) is 11.0. The van der Waals surface area contributed by atoms with Crippen LogP contribution in [0.3, 0.4) is 0 Å². The molecule has 19 heavy (non-hydrogen) atoms. The van der Waals surface area contributed by atoms with E-state index in [1.165, 1.54) is 23.0 Å². The van der Waals surface area contributed by atoms with Crippen LogP contribution in [0.5, 0.6) is 0 Å². The van der Waals surface area contributed by atoms with Crippen LogP contribution in [0.25, 0.3) is 11.2 Å². The summed E-state index contributed by atoms with van der Waals surface area (Å²) in [5.74, 6) is 0.421. The van der Waals surface area contributed by atoms with Gasteiger partial charge in [0, 0.05) is 0 Å². The summed E-state index contributed by atoms with van der Waals surface area (Å²) >= 11 is 0. The van der Waals surface area contributed by atoms with Gasteiger partial charge in [-0.05, 0) is 25.0 Å². The lowest BCUT2D eigenvalue weighted by atomic mass is 10.1. The number of rotatable bonds is 2. The lowest BCUT2D eigenvalue weighted by molar-refractivity contribution is 0.807. The standard InChI is InChI=1S/C14H15N5/c1-9-3-4-10(2)11(5-9)6-19-8-18-12-13(15)16-7-17-14(12)19/h3-5,7-8H,6H2,1-2H3,(H2,15,16,17). The quantitative estimate of drug-likeness (QED) is 0.759. The molecule has 0 radical (unpaired) electrons. The van der Waals surface area contributed by atoms with E-state index in [1.54, 1.807) is 6.33 Å². The van der Waals surface area contributed by atoms with Gasteiger partial charge in [0.2, 0.25) is 0 Å². The van der Waals surface area contributed by atoms with E-state index >= 15 is 0 Å². The number of aryl methyl sites for hydroxylation is 2. The topological polar surface area (TPSA) is 69.6 Å². The number of nitrogen functional groups attached to an aromatic ring is 1. The molecule has 2 N–H and O–H groups in total. The highest BCUT2D eigenvalue weighted by Crippen LogP contribution is 2.18. The van der Waals surface area contributed by atoms with Crippen LogP contribution in [-0.4, -0.2) is 19.5 Å². The second-order valence-corrected chi connectivity index (χ2v) is 4.73. The predicted octanol–water partition coefficient (Wildman–Crippen LogP) is 2.07. The molecule has 0 amide bonds. The molecule has 5 nitrogen and oxygen atoms in total. The van der Waals surface area contributed by atoms with Crippen molar-refractivity contribution in [1.29, 1.82) is 0 Å². The van der Waals surface area contributed by atoms with Gasteiger partial charge in [-0.25, -0.2) is 15.0 Å². The van der Waals surface area contributed by atoms with Crippen LogP contribution in [0.15, 0.2) is 30.9 Å². The van der Waals surface area contributed by atoms with Crippen molar-refractivity contribution in [1.82, 2.24) is 19.5 Å². The minimum absolute atomic E-state index is 0.421. The smallest absolute Gasteiger partial charge is 0.165 e. The Morgan fingerprint density at radius 3 is 2.84 bits per heavy atom. The van der Waals surface area contributed by atoms with Crippen molar-refractivity contribution >= 4 is 17.0 Å². The highest BCUT2D eigenvalue weighted by atomic mass is 15.1. The normalized spacial score (nSPS) is 11.1. The molecular formula is C14H15N5. The van der Waals surface area contributed by atoms with Crippen LogP contribution in [0.4, 0.5) is 5.82 Å². The molecule has 96 valence electrons. The summed E-state index contributed by atoms with van der Waals surface area (Å²) in [6.45, 7) is 4.94. The molecule has 0 atom stereocenters. The second-order valence-electron chi connectivity index (χ2n) is 4.73. The SMILES string of the molecule is Cc1ccc(C)c(Cn2cnc3c(N)ncnc32)c1. The number of imidazole rings is 1. The summed E-state index contributed by atoms with van der Waals surface area (Å²) in [5, 5.41) is 0. The minimum Gasteiger partial charge on any atom is -0.382 e. The number of anilines is 1. The van der Waals surface area contributed by atoms with Gasteiger partial charge in [0.25, 0.3) is 0 Å². The monoisotopic (exact) mass is 253 g/mol. The number of fused-ring (bicyclic) bond motifs is 1. The lowest BCUT2D eigenvalue weighted by Gasteiger charge is -2.08. The highest BCUT2D eigenvalue weighted by Gasteiger charge is 2.09. The van der Waals surface area contributed by atoms with Crippen molar-refractivity contribution in [3.63, 3.8) is 0 Å². The third-order valence-corrected chi connectivity index (χ3v) is 3.27. The molecule has 0 bridgehead atoms. The fourth-order valence-corrected chi connectivity index (χ4v) is 2.17. The molecule has 2 aromatic heterocycles. The third-order valence-electron chi connectivity index (χ3n) is 3.27. The van der Waals surface area contributed by atoms with Crippen molar-refractivity contribution < 1.29 is 0 Å². The maximum Gasteiger partial charge on any atom is 0.165 e. The predicted molar refractivity (Wildman–Crippen MR) is 74.8 cm³/mol. The average Bonchev–Trinajstić information content (AvgIpc) is 2.79. The first-order valence-electron chi connectivity index (χ1n) is 6.12. The number of hydrogen-bond acceptors (Lipinski definition) is 4. The molecule has 0 aliphatic carbocycles. The number of nitrogens with two attached hydrogens (primary N) is 1. The first kappa shape index (κ1) is 11.6.